The fraction of sp³-hybridized carbons (Fsp3) is 0.235. The van der Waals surface area contributed by atoms with Crippen molar-refractivity contribution in [3.8, 4) is 0 Å². The number of nitrogens with zero attached hydrogens (tertiary/aromatic N) is 2. The van der Waals surface area contributed by atoms with Crippen LogP contribution in [0.5, 0.6) is 0 Å². The topological polar surface area (TPSA) is 51.4 Å². The zero-order valence-electron chi connectivity index (χ0n) is 13.8. The Morgan fingerprint density at radius 3 is 2.64 bits per heavy atom. The summed E-state index contributed by atoms with van der Waals surface area (Å²) in [7, 11) is -3.79. The van der Waals surface area contributed by atoms with Crippen molar-refractivity contribution in [3.05, 3.63) is 57.7 Å². The lowest BCUT2D eigenvalue weighted by Crippen LogP contribution is -2.16. The molecule has 132 valence electrons. The van der Waals surface area contributed by atoms with Gasteiger partial charge in [0.1, 0.15) is 4.21 Å². The minimum Gasteiger partial charge on any atom is -0.312 e. The number of hydrogen-bond donors (Lipinski definition) is 0. The highest BCUT2D eigenvalue weighted by Gasteiger charge is 2.17. The lowest BCUT2D eigenvalue weighted by molar-refractivity contribution is 0.598. The van der Waals surface area contributed by atoms with Crippen LogP contribution in [0.3, 0.4) is 0 Å². The predicted molar refractivity (Wildman–Crippen MR) is 106 cm³/mol. The number of sulfonamides is 1. The van der Waals surface area contributed by atoms with Gasteiger partial charge in [-0.15, -0.1) is 22.3 Å². The second kappa shape index (κ2) is 7.07. The summed E-state index contributed by atoms with van der Waals surface area (Å²) >= 11 is 8.23. The standard InChI is InChI=1S/C17H17ClN2O2S3/c1-4-9-20-13-6-5-12(11(2)3)10-14(13)23-17(20)19-25(21,22)16-8-7-15(18)24-16/h4-8,10-11H,1,9H2,2-3H3/b19-17-. The maximum atomic E-state index is 12.6. The number of rotatable bonds is 5. The molecule has 0 amide bonds. The number of thiazole rings is 1. The van der Waals surface area contributed by atoms with Crippen molar-refractivity contribution >= 4 is 54.5 Å². The van der Waals surface area contributed by atoms with Gasteiger partial charge in [0.2, 0.25) is 4.80 Å². The van der Waals surface area contributed by atoms with Crippen molar-refractivity contribution in [2.24, 2.45) is 4.40 Å². The van der Waals surface area contributed by atoms with Crippen LogP contribution in [0.25, 0.3) is 10.2 Å². The molecular formula is C17H17ClN2O2S3. The van der Waals surface area contributed by atoms with E-state index in [9.17, 15) is 8.42 Å². The van der Waals surface area contributed by atoms with Gasteiger partial charge in [0.15, 0.2) is 0 Å². The first-order valence-corrected chi connectivity index (χ1v) is 11.1. The molecule has 0 radical (unpaired) electrons. The molecule has 3 rings (SSSR count). The van der Waals surface area contributed by atoms with Gasteiger partial charge in [0, 0.05) is 6.54 Å². The SMILES string of the molecule is C=CCn1/c(=N/S(=O)(=O)c2ccc(Cl)s2)sc2cc(C(C)C)ccc21. The molecule has 4 nitrogen and oxygen atoms in total. The Bertz CT molecular complexity index is 1100. The molecule has 0 aliphatic carbocycles. The molecule has 0 bridgehead atoms. The van der Waals surface area contributed by atoms with Gasteiger partial charge in [-0.1, -0.05) is 48.9 Å². The third-order valence-electron chi connectivity index (χ3n) is 3.69. The molecule has 0 aliphatic rings. The molecule has 2 heterocycles. The first-order chi connectivity index (χ1) is 11.8. The van der Waals surface area contributed by atoms with Crippen molar-refractivity contribution in [1.82, 2.24) is 4.57 Å². The summed E-state index contributed by atoms with van der Waals surface area (Å²) in [6.45, 7) is 8.51. The van der Waals surface area contributed by atoms with E-state index in [1.807, 2.05) is 10.6 Å². The number of aromatic nitrogens is 1. The largest absolute Gasteiger partial charge is 0.312 e. The van der Waals surface area contributed by atoms with Crippen molar-refractivity contribution in [2.45, 2.75) is 30.5 Å². The first kappa shape index (κ1) is 18.4. The predicted octanol–water partition coefficient (Wildman–Crippen LogP) is 5.02. The summed E-state index contributed by atoms with van der Waals surface area (Å²) in [5.74, 6) is 0.400. The van der Waals surface area contributed by atoms with Crippen molar-refractivity contribution in [3.63, 3.8) is 0 Å². The van der Waals surface area contributed by atoms with Crippen LogP contribution >= 0.6 is 34.3 Å². The minimum absolute atomic E-state index is 0.142. The Morgan fingerprint density at radius 2 is 2.04 bits per heavy atom. The van der Waals surface area contributed by atoms with E-state index in [1.165, 1.54) is 23.0 Å². The maximum absolute atomic E-state index is 12.6. The number of benzene rings is 1. The van der Waals surface area contributed by atoms with E-state index in [1.54, 1.807) is 12.1 Å². The van der Waals surface area contributed by atoms with Crippen molar-refractivity contribution in [1.29, 1.82) is 0 Å². The van der Waals surface area contributed by atoms with E-state index < -0.39 is 10.0 Å². The first-order valence-electron chi connectivity index (χ1n) is 7.62. The molecule has 0 N–H and O–H groups in total. The summed E-state index contributed by atoms with van der Waals surface area (Å²) in [6, 6.07) is 9.22. The number of halogens is 1. The van der Waals surface area contributed by atoms with Crippen LogP contribution in [0.2, 0.25) is 4.34 Å². The van der Waals surface area contributed by atoms with Gasteiger partial charge >= 0.3 is 0 Å². The zero-order chi connectivity index (χ0) is 18.2. The average Bonchev–Trinajstić information content (AvgIpc) is 3.12. The van der Waals surface area contributed by atoms with Gasteiger partial charge < -0.3 is 4.57 Å². The molecule has 0 saturated carbocycles. The number of fused-ring (bicyclic) bond motifs is 1. The second-order valence-electron chi connectivity index (χ2n) is 5.79. The third kappa shape index (κ3) is 3.74. The lowest BCUT2D eigenvalue weighted by atomic mass is 10.0. The molecule has 2 aromatic heterocycles. The fourth-order valence-electron chi connectivity index (χ4n) is 2.41. The molecule has 0 aliphatic heterocycles. The smallest absolute Gasteiger partial charge is 0.294 e. The summed E-state index contributed by atoms with van der Waals surface area (Å²) in [6.07, 6.45) is 1.73. The highest BCUT2D eigenvalue weighted by Crippen LogP contribution is 2.27. The zero-order valence-corrected chi connectivity index (χ0v) is 17.0. The molecule has 0 spiro atoms. The number of hydrogen-bond acceptors (Lipinski definition) is 4. The van der Waals surface area contributed by atoms with E-state index in [0.717, 1.165) is 21.6 Å². The normalized spacial score (nSPS) is 13.0. The van der Waals surface area contributed by atoms with E-state index in [0.29, 0.717) is 21.6 Å². The van der Waals surface area contributed by atoms with Crippen LogP contribution in [-0.4, -0.2) is 13.0 Å². The van der Waals surface area contributed by atoms with Crippen LogP contribution < -0.4 is 4.80 Å². The summed E-state index contributed by atoms with van der Waals surface area (Å²) in [4.78, 5) is 0.431. The molecule has 25 heavy (non-hydrogen) atoms. The Balaban J connectivity index is 2.23. The monoisotopic (exact) mass is 412 g/mol. The van der Waals surface area contributed by atoms with Crippen LogP contribution in [0.4, 0.5) is 0 Å². The van der Waals surface area contributed by atoms with Gasteiger partial charge in [-0.3, -0.25) is 0 Å². The molecule has 3 aromatic rings. The van der Waals surface area contributed by atoms with Gasteiger partial charge in [-0.25, -0.2) is 0 Å². The molecule has 1 aromatic carbocycles. The van der Waals surface area contributed by atoms with E-state index in [2.05, 4.69) is 37.0 Å². The van der Waals surface area contributed by atoms with Gasteiger partial charge in [-0.2, -0.15) is 8.42 Å². The maximum Gasteiger partial charge on any atom is 0.294 e. The summed E-state index contributed by atoms with van der Waals surface area (Å²) in [5.41, 5.74) is 2.16. The van der Waals surface area contributed by atoms with Gasteiger partial charge in [0.05, 0.1) is 14.6 Å². The molecular weight excluding hydrogens is 396 g/mol. The fourth-order valence-corrected chi connectivity index (χ4v) is 6.16. The van der Waals surface area contributed by atoms with Crippen LogP contribution in [0.1, 0.15) is 25.3 Å². The lowest BCUT2D eigenvalue weighted by Gasteiger charge is -2.05. The Labute approximate surface area is 159 Å². The van der Waals surface area contributed by atoms with Crippen LogP contribution in [0.15, 0.2) is 51.6 Å². The molecule has 8 heteroatoms. The molecule has 0 unspecified atom stereocenters. The highest BCUT2D eigenvalue weighted by atomic mass is 35.5. The van der Waals surface area contributed by atoms with Crippen molar-refractivity contribution in [2.75, 3.05) is 0 Å². The Morgan fingerprint density at radius 1 is 1.28 bits per heavy atom. The number of thiophene rings is 1. The Hall–Kier alpha value is -1.41. The molecule has 0 atom stereocenters. The number of allylic oxidation sites excluding steroid dienone is 1. The summed E-state index contributed by atoms with van der Waals surface area (Å²) in [5, 5.41) is 0. The third-order valence-corrected chi connectivity index (χ3v) is 7.81. The Kier molecular flexibility index (Phi) is 5.20. The second-order valence-corrected chi connectivity index (χ2v) is 10.3. The summed E-state index contributed by atoms with van der Waals surface area (Å²) < 4.78 is 32.6. The highest BCUT2D eigenvalue weighted by molar-refractivity contribution is 7.92. The van der Waals surface area contributed by atoms with E-state index in [-0.39, 0.29) is 4.21 Å². The van der Waals surface area contributed by atoms with Crippen LogP contribution in [-0.2, 0) is 16.6 Å². The van der Waals surface area contributed by atoms with E-state index in [4.69, 9.17) is 11.6 Å². The molecule has 0 fully saturated rings. The van der Waals surface area contributed by atoms with E-state index >= 15 is 0 Å². The molecule has 0 saturated heterocycles. The quantitative estimate of drug-likeness (QED) is 0.552. The van der Waals surface area contributed by atoms with Gasteiger partial charge in [0.25, 0.3) is 10.0 Å². The average molecular weight is 413 g/mol. The minimum atomic E-state index is -3.79. The van der Waals surface area contributed by atoms with Gasteiger partial charge in [-0.05, 0) is 35.7 Å². The van der Waals surface area contributed by atoms with Crippen molar-refractivity contribution < 1.29 is 8.42 Å². The van der Waals surface area contributed by atoms with Crippen LogP contribution in [0, 0.1) is 0 Å².